The zero-order chi connectivity index (χ0) is 8.97. The van der Waals surface area contributed by atoms with Crippen molar-refractivity contribution < 1.29 is 13.3 Å². The quantitative estimate of drug-likeness (QED) is 0.648. The average molecular weight is 219 g/mol. The van der Waals surface area contributed by atoms with Crippen molar-refractivity contribution in [2.24, 2.45) is 0 Å². The van der Waals surface area contributed by atoms with E-state index in [9.17, 15) is 0 Å². The molecule has 3 nitrogen and oxygen atoms in total. The van der Waals surface area contributed by atoms with E-state index in [0.717, 1.165) is 0 Å². The molecular formula is C6H15O3Si3. The molecule has 1 aliphatic heterocycles. The highest BCUT2D eigenvalue weighted by molar-refractivity contribution is 6.89. The van der Waals surface area contributed by atoms with Gasteiger partial charge in [0.1, 0.15) is 0 Å². The number of hydrogen-bond donors (Lipinski definition) is 0. The smallest absolute Gasteiger partial charge is 0.209 e. The van der Waals surface area contributed by atoms with Crippen LogP contribution in [0.2, 0.25) is 17.0 Å². The molecule has 0 aromatic heterocycles. The molecule has 0 atom stereocenters. The van der Waals surface area contributed by atoms with Gasteiger partial charge in [0.15, 0.2) is 0 Å². The van der Waals surface area contributed by atoms with Crippen molar-refractivity contribution in [3.05, 3.63) is 0 Å². The molecule has 0 spiro atoms. The Morgan fingerprint density at radius 1 is 0.667 bits per heavy atom. The Morgan fingerprint density at radius 2 is 0.917 bits per heavy atom. The highest BCUT2D eigenvalue weighted by Gasteiger charge is 2.34. The van der Waals surface area contributed by atoms with E-state index in [1.165, 1.54) is 17.0 Å². The minimum Gasteiger partial charge on any atom is -0.420 e. The minimum atomic E-state index is -0.568. The first-order valence-corrected chi connectivity index (χ1v) is 9.43. The Balaban J connectivity index is 2.41. The van der Waals surface area contributed by atoms with E-state index in [4.69, 9.17) is 13.3 Å². The summed E-state index contributed by atoms with van der Waals surface area (Å²) >= 11 is 0. The fraction of sp³-hybridized carbons (Fsp3) is 1.00. The van der Waals surface area contributed by atoms with Crippen molar-refractivity contribution in [2.75, 3.05) is 21.3 Å². The molecule has 6 heteroatoms. The molecule has 1 saturated heterocycles. The molecule has 12 heavy (non-hydrogen) atoms. The maximum Gasteiger partial charge on any atom is 0.209 e. The predicted octanol–water partition coefficient (Wildman–Crippen LogP) is 0.531. The van der Waals surface area contributed by atoms with Gasteiger partial charge >= 0.3 is 0 Å². The monoisotopic (exact) mass is 219 g/mol. The van der Waals surface area contributed by atoms with E-state index in [1.807, 2.05) is 21.3 Å². The Bertz CT molecular complexity index is 105. The summed E-state index contributed by atoms with van der Waals surface area (Å²) in [7, 11) is 3.77. The van der Waals surface area contributed by atoms with Crippen LogP contribution in [0.4, 0.5) is 0 Å². The van der Waals surface area contributed by atoms with E-state index in [0.29, 0.717) is 0 Å². The fourth-order valence-electron chi connectivity index (χ4n) is 1.28. The van der Waals surface area contributed by atoms with Gasteiger partial charge in [-0.25, -0.2) is 0 Å². The SMILES string of the molecule is CO[Si]1C[Si](OC)C[Si](OC)C1. The molecular weight excluding hydrogens is 204 g/mol. The zero-order valence-electron chi connectivity index (χ0n) is 7.85. The van der Waals surface area contributed by atoms with E-state index < -0.39 is 27.1 Å². The summed E-state index contributed by atoms with van der Waals surface area (Å²) in [4.78, 5) is 0. The maximum atomic E-state index is 5.45. The standard InChI is InChI=1S/C6H15O3Si3/c1-7-10-4-11(8-2)6-12(5-10)9-3/h4-6H2,1-3H3. The summed E-state index contributed by atoms with van der Waals surface area (Å²) in [6, 6.07) is 0. The first-order chi connectivity index (χ1) is 5.80. The lowest BCUT2D eigenvalue weighted by molar-refractivity contribution is 0.388. The van der Waals surface area contributed by atoms with Gasteiger partial charge in [-0.15, -0.1) is 0 Å². The molecule has 0 N–H and O–H groups in total. The third-order valence-electron chi connectivity index (χ3n) is 2.05. The van der Waals surface area contributed by atoms with E-state index in [2.05, 4.69) is 0 Å². The van der Waals surface area contributed by atoms with Gasteiger partial charge in [0, 0.05) is 21.3 Å². The Labute approximate surface area is 79.2 Å². The first-order valence-electron chi connectivity index (χ1n) is 3.96. The number of hydrogen-bond acceptors (Lipinski definition) is 3. The van der Waals surface area contributed by atoms with Gasteiger partial charge in [-0.3, -0.25) is 0 Å². The summed E-state index contributed by atoms with van der Waals surface area (Å²) in [5.41, 5.74) is 3.67. The van der Waals surface area contributed by atoms with Crippen LogP contribution in [0.25, 0.3) is 0 Å². The molecule has 1 rings (SSSR count). The molecule has 0 unspecified atom stereocenters. The third-order valence-corrected chi connectivity index (χ3v) is 13.2. The predicted molar refractivity (Wildman–Crippen MR) is 52.7 cm³/mol. The normalized spacial score (nSPS) is 23.2. The van der Waals surface area contributed by atoms with Crippen LogP contribution < -0.4 is 0 Å². The van der Waals surface area contributed by atoms with Crippen LogP contribution in [0.15, 0.2) is 0 Å². The van der Waals surface area contributed by atoms with Crippen molar-refractivity contribution in [2.45, 2.75) is 17.0 Å². The molecule has 0 aromatic rings. The van der Waals surface area contributed by atoms with Crippen LogP contribution in [0.5, 0.6) is 0 Å². The van der Waals surface area contributed by atoms with Crippen LogP contribution in [-0.4, -0.2) is 48.5 Å². The highest BCUT2D eigenvalue weighted by Crippen LogP contribution is 2.20. The van der Waals surface area contributed by atoms with Gasteiger partial charge < -0.3 is 13.3 Å². The van der Waals surface area contributed by atoms with Crippen LogP contribution in [0.3, 0.4) is 0 Å². The van der Waals surface area contributed by atoms with Gasteiger partial charge in [0.05, 0.1) is 0 Å². The largest absolute Gasteiger partial charge is 0.420 e. The number of rotatable bonds is 3. The third kappa shape index (κ3) is 2.79. The second-order valence-electron chi connectivity index (χ2n) is 2.76. The summed E-state index contributed by atoms with van der Waals surface area (Å²) in [6.45, 7) is 0. The van der Waals surface area contributed by atoms with Gasteiger partial charge in [0.2, 0.25) is 27.1 Å². The van der Waals surface area contributed by atoms with Gasteiger partial charge in [-0.1, -0.05) is 0 Å². The summed E-state index contributed by atoms with van der Waals surface area (Å²) in [6.07, 6.45) is 0. The molecule has 1 heterocycles. The second-order valence-corrected chi connectivity index (χ2v) is 11.5. The van der Waals surface area contributed by atoms with E-state index in [-0.39, 0.29) is 0 Å². The van der Waals surface area contributed by atoms with E-state index in [1.54, 1.807) is 0 Å². The maximum absolute atomic E-state index is 5.45. The summed E-state index contributed by atoms with van der Waals surface area (Å²) < 4.78 is 16.3. The zero-order valence-corrected chi connectivity index (χ0v) is 10.8. The van der Waals surface area contributed by atoms with Crippen molar-refractivity contribution in [1.82, 2.24) is 0 Å². The molecule has 69 valence electrons. The topological polar surface area (TPSA) is 27.7 Å². The highest BCUT2D eigenvalue weighted by atomic mass is 28.4. The molecule has 1 fully saturated rings. The average Bonchev–Trinajstić information content (AvgIpc) is 2.16. The van der Waals surface area contributed by atoms with Crippen molar-refractivity contribution in [3.63, 3.8) is 0 Å². The minimum absolute atomic E-state index is 0.568. The lowest BCUT2D eigenvalue weighted by Gasteiger charge is -2.27. The molecule has 0 aromatic carbocycles. The molecule has 0 bridgehead atoms. The fourth-order valence-corrected chi connectivity index (χ4v) is 14.9. The second kappa shape index (κ2) is 5.30. The van der Waals surface area contributed by atoms with Crippen molar-refractivity contribution >= 4 is 27.1 Å². The van der Waals surface area contributed by atoms with Gasteiger partial charge in [-0.2, -0.15) is 0 Å². The molecule has 0 amide bonds. The van der Waals surface area contributed by atoms with Gasteiger partial charge in [-0.05, 0) is 17.0 Å². The summed E-state index contributed by atoms with van der Waals surface area (Å²) in [5.74, 6) is 0. The van der Waals surface area contributed by atoms with Crippen LogP contribution in [0.1, 0.15) is 0 Å². The molecule has 3 radical (unpaired) electrons. The molecule has 0 saturated carbocycles. The summed E-state index contributed by atoms with van der Waals surface area (Å²) in [5, 5.41) is 0. The van der Waals surface area contributed by atoms with E-state index >= 15 is 0 Å². The molecule has 0 aliphatic carbocycles. The van der Waals surface area contributed by atoms with Crippen LogP contribution in [0, 0.1) is 0 Å². The van der Waals surface area contributed by atoms with Gasteiger partial charge in [0.25, 0.3) is 0 Å². The Morgan fingerprint density at radius 3 is 1.08 bits per heavy atom. The Kier molecular flexibility index (Phi) is 4.69. The lowest BCUT2D eigenvalue weighted by Crippen LogP contribution is -2.42. The molecule has 1 aliphatic rings. The van der Waals surface area contributed by atoms with Crippen molar-refractivity contribution in [3.8, 4) is 0 Å². The van der Waals surface area contributed by atoms with Crippen LogP contribution >= 0.6 is 0 Å². The van der Waals surface area contributed by atoms with Crippen molar-refractivity contribution in [1.29, 1.82) is 0 Å². The van der Waals surface area contributed by atoms with Crippen LogP contribution in [-0.2, 0) is 13.3 Å². The Hall–Kier alpha value is 0.531. The first kappa shape index (κ1) is 10.6. The lowest BCUT2D eigenvalue weighted by atomic mass is 11.7.